The molecular weight excluding hydrogens is 448 g/mol. The van der Waals surface area contributed by atoms with Gasteiger partial charge in [0.05, 0.1) is 6.10 Å². The van der Waals surface area contributed by atoms with Crippen molar-refractivity contribution in [2.45, 2.75) is 57.6 Å². The summed E-state index contributed by atoms with van der Waals surface area (Å²) in [6.45, 7) is 5.42. The second-order valence-electron chi connectivity index (χ2n) is 10.2. The van der Waals surface area contributed by atoms with Crippen molar-refractivity contribution in [2.24, 2.45) is 0 Å². The molecule has 0 atom stereocenters. The van der Waals surface area contributed by atoms with Gasteiger partial charge in [-0.3, -0.25) is 4.79 Å². The highest BCUT2D eigenvalue weighted by molar-refractivity contribution is 5.93. The molecule has 2 aliphatic heterocycles. The zero-order valence-corrected chi connectivity index (χ0v) is 21.1. The largest absolute Gasteiger partial charge is 0.393 e. The molecule has 1 N–H and O–H groups in total. The van der Waals surface area contributed by atoms with Crippen LogP contribution < -0.4 is 0 Å². The van der Waals surface area contributed by atoms with Crippen LogP contribution in [0, 0.1) is 6.92 Å². The Kier molecular flexibility index (Phi) is 7.73. The van der Waals surface area contributed by atoms with Gasteiger partial charge in [0, 0.05) is 43.5 Å². The third-order valence-corrected chi connectivity index (χ3v) is 7.84. The van der Waals surface area contributed by atoms with Crippen LogP contribution in [0.2, 0.25) is 0 Å². The lowest BCUT2D eigenvalue weighted by atomic mass is 9.98. The number of hydrogen-bond donors (Lipinski definition) is 1. The maximum Gasteiger partial charge on any atom is 0.272 e. The van der Waals surface area contributed by atoms with Gasteiger partial charge in [0.25, 0.3) is 5.91 Å². The Bertz CT molecular complexity index is 1170. The molecule has 36 heavy (non-hydrogen) atoms. The molecule has 1 amide bonds. The van der Waals surface area contributed by atoms with Crippen molar-refractivity contribution >= 4 is 5.91 Å². The molecule has 0 radical (unpaired) electrons. The minimum atomic E-state index is -0.148. The van der Waals surface area contributed by atoms with E-state index in [4.69, 9.17) is 0 Å². The van der Waals surface area contributed by atoms with E-state index in [0.717, 1.165) is 76.0 Å². The van der Waals surface area contributed by atoms with Gasteiger partial charge in [0.2, 0.25) is 0 Å². The van der Waals surface area contributed by atoms with E-state index < -0.39 is 0 Å². The highest BCUT2D eigenvalue weighted by Gasteiger charge is 2.30. The molecule has 0 unspecified atom stereocenters. The molecule has 5 rings (SSSR count). The summed E-state index contributed by atoms with van der Waals surface area (Å²) in [5.74, 6) is 0.0229. The van der Waals surface area contributed by atoms with Crippen LogP contribution in [0.5, 0.6) is 0 Å². The smallest absolute Gasteiger partial charge is 0.272 e. The fourth-order valence-corrected chi connectivity index (χ4v) is 5.59. The minimum Gasteiger partial charge on any atom is -0.393 e. The standard InChI is InChI=1S/C30H36N4O2/c1-22-28(11-10-23-6-5-9-25(20-23)24-7-3-2-4-8-24)31-21-32-29(22)30(36)34-16-12-26(13-17-34)33-18-14-27(35)15-19-33/h2-9,20-21,26-27,35H,10-19H2,1H3. The van der Waals surface area contributed by atoms with Gasteiger partial charge < -0.3 is 14.9 Å². The Morgan fingerprint density at radius 2 is 1.61 bits per heavy atom. The number of piperidine rings is 2. The van der Waals surface area contributed by atoms with Gasteiger partial charge in [-0.1, -0.05) is 54.6 Å². The van der Waals surface area contributed by atoms with Crippen LogP contribution in [-0.4, -0.2) is 69.1 Å². The molecule has 188 valence electrons. The number of nitrogens with zero attached hydrogens (tertiary/aromatic N) is 4. The first-order valence-corrected chi connectivity index (χ1v) is 13.2. The van der Waals surface area contributed by atoms with Gasteiger partial charge >= 0.3 is 0 Å². The summed E-state index contributed by atoms with van der Waals surface area (Å²) in [6, 6.07) is 19.6. The van der Waals surface area contributed by atoms with Gasteiger partial charge in [-0.05, 0) is 62.1 Å². The predicted molar refractivity (Wildman–Crippen MR) is 142 cm³/mol. The molecule has 0 saturated carbocycles. The van der Waals surface area contributed by atoms with E-state index in [-0.39, 0.29) is 12.0 Å². The molecule has 2 aromatic carbocycles. The van der Waals surface area contributed by atoms with Crippen molar-refractivity contribution in [1.82, 2.24) is 19.8 Å². The summed E-state index contributed by atoms with van der Waals surface area (Å²) in [5, 5.41) is 9.79. The quantitative estimate of drug-likeness (QED) is 0.565. The number of aliphatic hydroxyl groups is 1. The van der Waals surface area contributed by atoms with Crippen molar-refractivity contribution in [3.05, 3.63) is 83.4 Å². The van der Waals surface area contributed by atoms with Crippen LogP contribution in [0.15, 0.2) is 60.9 Å². The molecule has 0 aliphatic carbocycles. The number of aliphatic hydroxyl groups excluding tert-OH is 1. The number of hydrogen-bond acceptors (Lipinski definition) is 5. The fraction of sp³-hybridized carbons (Fsp3) is 0.433. The third-order valence-electron chi connectivity index (χ3n) is 7.84. The van der Waals surface area contributed by atoms with Crippen LogP contribution in [0.1, 0.15) is 53.0 Å². The number of carbonyl (C=O) groups excluding carboxylic acids is 1. The van der Waals surface area contributed by atoms with Crippen molar-refractivity contribution < 1.29 is 9.90 Å². The first-order valence-electron chi connectivity index (χ1n) is 13.2. The number of aromatic nitrogens is 2. The molecule has 0 spiro atoms. The molecule has 6 heteroatoms. The van der Waals surface area contributed by atoms with Crippen molar-refractivity contribution in [3.63, 3.8) is 0 Å². The van der Waals surface area contributed by atoms with Gasteiger partial charge in [0.15, 0.2) is 0 Å². The Morgan fingerprint density at radius 1 is 0.889 bits per heavy atom. The lowest BCUT2D eigenvalue weighted by Crippen LogP contribution is -2.49. The van der Waals surface area contributed by atoms with Crippen LogP contribution in [0.3, 0.4) is 0 Å². The molecule has 2 saturated heterocycles. The van der Waals surface area contributed by atoms with Gasteiger partial charge in [-0.25, -0.2) is 9.97 Å². The Balaban J connectivity index is 1.20. The summed E-state index contributed by atoms with van der Waals surface area (Å²) < 4.78 is 0. The van der Waals surface area contributed by atoms with Crippen LogP contribution >= 0.6 is 0 Å². The normalized spacial score (nSPS) is 17.9. The number of likely N-dealkylation sites (tertiary alicyclic amines) is 2. The average Bonchev–Trinajstić information content (AvgIpc) is 2.93. The van der Waals surface area contributed by atoms with Crippen molar-refractivity contribution in [1.29, 1.82) is 0 Å². The molecule has 2 fully saturated rings. The second-order valence-corrected chi connectivity index (χ2v) is 10.2. The van der Waals surface area contributed by atoms with Crippen LogP contribution in [0.4, 0.5) is 0 Å². The summed E-state index contributed by atoms with van der Waals surface area (Å²) in [6.07, 6.45) is 6.72. The lowest BCUT2D eigenvalue weighted by Gasteiger charge is -2.41. The second kappa shape index (κ2) is 11.3. The Hall–Kier alpha value is -3.09. The van der Waals surface area contributed by atoms with E-state index in [1.807, 2.05) is 17.9 Å². The number of rotatable bonds is 6. The van der Waals surface area contributed by atoms with Crippen molar-refractivity contribution in [2.75, 3.05) is 26.2 Å². The topological polar surface area (TPSA) is 69.6 Å². The molecule has 1 aromatic heterocycles. The number of carbonyl (C=O) groups is 1. The molecule has 0 bridgehead atoms. The summed E-state index contributed by atoms with van der Waals surface area (Å²) in [5.41, 5.74) is 6.07. The first kappa shape index (κ1) is 24.6. The molecule has 2 aliphatic rings. The summed E-state index contributed by atoms with van der Waals surface area (Å²) in [4.78, 5) is 26.7. The van der Waals surface area contributed by atoms with E-state index in [0.29, 0.717) is 11.7 Å². The minimum absolute atomic E-state index is 0.0229. The van der Waals surface area contributed by atoms with Crippen LogP contribution in [-0.2, 0) is 12.8 Å². The first-order chi connectivity index (χ1) is 17.6. The van der Waals surface area contributed by atoms with E-state index >= 15 is 0 Å². The van der Waals surface area contributed by atoms with Gasteiger partial charge in [-0.15, -0.1) is 0 Å². The van der Waals surface area contributed by atoms with Gasteiger partial charge in [-0.2, -0.15) is 0 Å². The van der Waals surface area contributed by atoms with E-state index in [9.17, 15) is 9.90 Å². The maximum atomic E-state index is 13.4. The third kappa shape index (κ3) is 5.66. The molecule has 3 heterocycles. The number of benzene rings is 2. The lowest BCUT2D eigenvalue weighted by molar-refractivity contribution is 0.0355. The molecule has 6 nitrogen and oxygen atoms in total. The van der Waals surface area contributed by atoms with E-state index in [2.05, 4.69) is 63.4 Å². The fourth-order valence-electron chi connectivity index (χ4n) is 5.59. The SMILES string of the molecule is Cc1c(CCc2cccc(-c3ccccc3)c2)ncnc1C(=O)N1CCC(N2CCC(O)CC2)CC1. The van der Waals surface area contributed by atoms with Crippen LogP contribution in [0.25, 0.3) is 11.1 Å². The highest BCUT2D eigenvalue weighted by atomic mass is 16.3. The summed E-state index contributed by atoms with van der Waals surface area (Å²) >= 11 is 0. The average molecular weight is 485 g/mol. The number of amides is 1. The highest BCUT2D eigenvalue weighted by Crippen LogP contribution is 2.24. The maximum absolute atomic E-state index is 13.4. The number of aryl methyl sites for hydroxylation is 2. The summed E-state index contributed by atoms with van der Waals surface area (Å²) in [7, 11) is 0. The van der Waals surface area contributed by atoms with E-state index in [1.54, 1.807) is 6.33 Å². The molecular formula is C30H36N4O2. The zero-order chi connectivity index (χ0) is 24.9. The Labute approximate surface area is 214 Å². The van der Waals surface area contributed by atoms with Crippen molar-refractivity contribution in [3.8, 4) is 11.1 Å². The molecule has 3 aromatic rings. The monoisotopic (exact) mass is 484 g/mol. The van der Waals surface area contributed by atoms with Gasteiger partial charge in [0.1, 0.15) is 12.0 Å². The van der Waals surface area contributed by atoms with E-state index in [1.165, 1.54) is 16.7 Å². The Morgan fingerprint density at radius 3 is 2.36 bits per heavy atom. The predicted octanol–water partition coefficient (Wildman–Crippen LogP) is 4.30. The zero-order valence-electron chi connectivity index (χ0n) is 21.1.